The summed E-state index contributed by atoms with van der Waals surface area (Å²) in [6.45, 7) is 2.81. The molecule has 0 radical (unpaired) electrons. The summed E-state index contributed by atoms with van der Waals surface area (Å²) >= 11 is 3.43. The lowest BCUT2D eigenvalue weighted by atomic mass is 9.83. The molecule has 0 aromatic heterocycles. The summed E-state index contributed by atoms with van der Waals surface area (Å²) < 4.78 is 14.6. The molecule has 2 atom stereocenters. The molecular formula is C21H21BrFN3O2. The molecule has 2 fully saturated rings. The number of rotatable bonds is 3. The van der Waals surface area contributed by atoms with E-state index in [4.69, 9.17) is 0 Å². The van der Waals surface area contributed by atoms with E-state index in [2.05, 4.69) is 21.2 Å². The van der Waals surface area contributed by atoms with Crippen molar-refractivity contribution in [3.8, 4) is 0 Å². The summed E-state index contributed by atoms with van der Waals surface area (Å²) in [7, 11) is 0. The normalized spacial score (nSPS) is 25.0. The lowest BCUT2D eigenvalue weighted by Gasteiger charge is -2.41. The first-order chi connectivity index (χ1) is 13.4. The summed E-state index contributed by atoms with van der Waals surface area (Å²) in [6, 6.07) is 13.3. The molecule has 2 saturated heterocycles. The van der Waals surface area contributed by atoms with Gasteiger partial charge < -0.3 is 5.32 Å². The lowest BCUT2D eigenvalue weighted by Crippen LogP contribution is -2.58. The van der Waals surface area contributed by atoms with E-state index >= 15 is 0 Å². The van der Waals surface area contributed by atoms with Crippen LogP contribution in [0, 0.1) is 5.82 Å². The van der Waals surface area contributed by atoms with E-state index in [9.17, 15) is 14.0 Å². The maximum absolute atomic E-state index is 14.0. The van der Waals surface area contributed by atoms with E-state index in [-0.39, 0.29) is 18.5 Å². The third kappa shape index (κ3) is 3.12. The Morgan fingerprint density at radius 1 is 1.21 bits per heavy atom. The van der Waals surface area contributed by atoms with Gasteiger partial charge in [-0.3, -0.25) is 14.6 Å². The highest BCUT2D eigenvalue weighted by molar-refractivity contribution is 9.10. The van der Waals surface area contributed by atoms with Crippen LogP contribution in [-0.4, -0.2) is 35.0 Å². The monoisotopic (exact) mass is 445 g/mol. The summed E-state index contributed by atoms with van der Waals surface area (Å²) in [5.74, 6) is -0.664. The van der Waals surface area contributed by atoms with Crippen LogP contribution in [0.15, 0.2) is 53.0 Å². The van der Waals surface area contributed by atoms with Gasteiger partial charge in [0.05, 0.1) is 12.2 Å². The first-order valence-electron chi connectivity index (χ1n) is 9.31. The number of benzene rings is 2. The summed E-state index contributed by atoms with van der Waals surface area (Å²) in [6.07, 6.45) is 0.960. The topological polar surface area (TPSA) is 52.7 Å². The fourth-order valence-electron chi connectivity index (χ4n) is 4.24. The number of hydrogen-bond acceptors (Lipinski definition) is 3. The number of imide groups is 1. The predicted octanol–water partition coefficient (Wildman–Crippen LogP) is 4.07. The van der Waals surface area contributed by atoms with E-state index in [1.165, 1.54) is 21.9 Å². The number of piperidine rings is 1. The number of amides is 3. The highest BCUT2D eigenvalue weighted by Crippen LogP contribution is 2.43. The van der Waals surface area contributed by atoms with Gasteiger partial charge in [0, 0.05) is 10.5 Å². The second-order valence-electron chi connectivity index (χ2n) is 7.43. The second-order valence-corrected chi connectivity index (χ2v) is 8.29. The van der Waals surface area contributed by atoms with Gasteiger partial charge in [0.15, 0.2) is 0 Å². The van der Waals surface area contributed by atoms with Crippen molar-refractivity contribution in [2.45, 2.75) is 37.9 Å². The molecule has 146 valence electrons. The molecule has 2 aliphatic rings. The minimum atomic E-state index is -1.01. The van der Waals surface area contributed by atoms with Crippen LogP contribution in [-0.2, 0) is 11.3 Å². The van der Waals surface area contributed by atoms with Crippen molar-refractivity contribution < 1.29 is 14.0 Å². The SMILES string of the molecule is CC1CC2(CCN1)C(=O)N(Cc1ccccc1)C(=O)N2c1cc(F)ccc1Br. The number of nitrogens with one attached hydrogen (secondary N) is 1. The summed E-state index contributed by atoms with van der Waals surface area (Å²) in [4.78, 5) is 29.8. The highest BCUT2D eigenvalue weighted by atomic mass is 79.9. The van der Waals surface area contributed by atoms with Gasteiger partial charge in [0.25, 0.3) is 5.91 Å². The van der Waals surface area contributed by atoms with Crippen molar-refractivity contribution >= 4 is 33.6 Å². The maximum atomic E-state index is 14.0. The zero-order chi connectivity index (χ0) is 19.9. The molecular weight excluding hydrogens is 425 g/mol. The van der Waals surface area contributed by atoms with Gasteiger partial charge in [0.2, 0.25) is 0 Å². The molecule has 1 N–H and O–H groups in total. The summed E-state index contributed by atoms with van der Waals surface area (Å²) in [5, 5.41) is 3.34. The fourth-order valence-corrected chi connectivity index (χ4v) is 4.66. The van der Waals surface area contributed by atoms with Crippen molar-refractivity contribution in [3.05, 3.63) is 64.4 Å². The fraction of sp³-hybridized carbons (Fsp3) is 0.333. The molecule has 2 aromatic rings. The first kappa shape index (κ1) is 19.1. The smallest absolute Gasteiger partial charge is 0.314 e. The summed E-state index contributed by atoms with van der Waals surface area (Å²) in [5.41, 5.74) is 0.261. The third-order valence-corrected chi connectivity index (χ3v) is 6.17. The minimum Gasteiger partial charge on any atom is -0.314 e. The quantitative estimate of drug-likeness (QED) is 0.724. The molecule has 0 saturated carbocycles. The Labute approximate surface area is 171 Å². The Kier molecular flexibility index (Phi) is 4.97. The van der Waals surface area contributed by atoms with Crippen LogP contribution in [0.4, 0.5) is 14.9 Å². The third-order valence-electron chi connectivity index (χ3n) is 5.50. The average molecular weight is 446 g/mol. The molecule has 7 heteroatoms. The average Bonchev–Trinajstić information content (AvgIpc) is 2.86. The van der Waals surface area contributed by atoms with Crippen molar-refractivity contribution in [3.63, 3.8) is 0 Å². The Morgan fingerprint density at radius 2 is 1.96 bits per heavy atom. The Morgan fingerprint density at radius 3 is 2.68 bits per heavy atom. The first-order valence-corrected chi connectivity index (χ1v) is 10.1. The predicted molar refractivity (Wildman–Crippen MR) is 108 cm³/mol. The molecule has 0 aliphatic carbocycles. The molecule has 2 aromatic carbocycles. The number of urea groups is 1. The van der Waals surface area contributed by atoms with Crippen molar-refractivity contribution in [2.75, 3.05) is 11.4 Å². The molecule has 0 bridgehead atoms. The second kappa shape index (κ2) is 7.29. The Balaban J connectivity index is 1.80. The maximum Gasteiger partial charge on any atom is 0.332 e. The molecule has 5 nitrogen and oxygen atoms in total. The number of carbonyl (C=O) groups is 2. The minimum absolute atomic E-state index is 0.0667. The molecule has 1 spiro atoms. The van der Waals surface area contributed by atoms with E-state index in [0.29, 0.717) is 29.5 Å². The van der Waals surface area contributed by atoms with Crippen molar-refractivity contribution in [2.24, 2.45) is 0 Å². The van der Waals surface area contributed by atoms with Gasteiger partial charge in [-0.15, -0.1) is 0 Å². The molecule has 2 heterocycles. The van der Waals surface area contributed by atoms with Crippen molar-refractivity contribution in [1.82, 2.24) is 10.2 Å². The van der Waals surface area contributed by atoms with Crippen LogP contribution in [0.25, 0.3) is 0 Å². The van der Waals surface area contributed by atoms with Crippen LogP contribution < -0.4 is 10.2 Å². The van der Waals surface area contributed by atoms with Gasteiger partial charge in [0.1, 0.15) is 11.4 Å². The molecule has 28 heavy (non-hydrogen) atoms. The van der Waals surface area contributed by atoms with Gasteiger partial charge in [-0.25, -0.2) is 9.18 Å². The van der Waals surface area contributed by atoms with Gasteiger partial charge >= 0.3 is 6.03 Å². The number of hydrogen-bond donors (Lipinski definition) is 1. The van der Waals surface area contributed by atoms with Gasteiger partial charge in [-0.05, 0) is 66.0 Å². The number of halogens is 2. The van der Waals surface area contributed by atoms with Crippen LogP contribution in [0.3, 0.4) is 0 Å². The lowest BCUT2D eigenvalue weighted by molar-refractivity contribution is -0.132. The van der Waals surface area contributed by atoms with Crippen LogP contribution >= 0.6 is 15.9 Å². The van der Waals surface area contributed by atoms with E-state index in [0.717, 1.165) is 5.56 Å². The van der Waals surface area contributed by atoms with Crippen LogP contribution in [0.2, 0.25) is 0 Å². The number of nitrogens with zero attached hydrogens (tertiary/aromatic N) is 2. The zero-order valence-electron chi connectivity index (χ0n) is 15.5. The van der Waals surface area contributed by atoms with Gasteiger partial charge in [-0.2, -0.15) is 0 Å². The van der Waals surface area contributed by atoms with Crippen LogP contribution in [0.5, 0.6) is 0 Å². The van der Waals surface area contributed by atoms with E-state index in [1.807, 2.05) is 37.3 Å². The molecule has 2 aliphatic heterocycles. The van der Waals surface area contributed by atoms with E-state index < -0.39 is 17.4 Å². The Hall–Kier alpha value is -2.25. The standard InChI is InChI=1S/C21H21BrFN3O2/c1-14-12-21(9-10-24-14)19(27)25(13-15-5-3-2-4-6-15)20(28)26(21)18-11-16(23)7-8-17(18)22/h2-8,11,14,24H,9-10,12-13H2,1H3. The van der Waals surface area contributed by atoms with Gasteiger partial charge in [-0.1, -0.05) is 30.3 Å². The number of anilines is 1. The molecule has 2 unspecified atom stereocenters. The zero-order valence-corrected chi connectivity index (χ0v) is 17.1. The van der Waals surface area contributed by atoms with Crippen LogP contribution in [0.1, 0.15) is 25.3 Å². The van der Waals surface area contributed by atoms with Crippen molar-refractivity contribution in [1.29, 1.82) is 0 Å². The largest absolute Gasteiger partial charge is 0.332 e. The molecule has 3 amide bonds. The van der Waals surface area contributed by atoms with E-state index in [1.54, 1.807) is 6.07 Å². The number of carbonyl (C=O) groups excluding carboxylic acids is 2. The molecule has 4 rings (SSSR count). The Bertz CT molecular complexity index is 923. The highest BCUT2D eigenvalue weighted by Gasteiger charge is 2.59.